The third kappa shape index (κ3) is 4.64. The Balaban J connectivity index is 1.45. The van der Waals surface area contributed by atoms with E-state index < -0.39 is 0 Å². The number of piperidine rings is 1. The van der Waals surface area contributed by atoms with Crippen LogP contribution in [-0.4, -0.2) is 34.7 Å². The van der Waals surface area contributed by atoms with E-state index in [1.54, 1.807) is 42.2 Å². The van der Waals surface area contributed by atoms with Gasteiger partial charge < -0.3 is 14.6 Å². The predicted octanol–water partition coefficient (Wildman–Crippen LogP) is 4.52. The molecule has 0 radical (unpaired) electrons. The highest BCUT2D eigenvalue weighted by Gasteiger charge is 2.30. The molecule has 2 heterocycles. The van der Waals surface area contributed by atoms with Crippen LogP contribution in [0.2, 0.25) is 0 Å². The maximum absolute atomic E-state index is 13.1. The molecule has 0 spiro atoms. The second-order valence-electron chi connectivity index (χ2n) is 8.21. The Hall–Kier alpha value is -3.67. The second-order valence-corrected chi connectivity index (χ2v) is 8.21. The summed E-state index contributed by atoms with van der Waals surface area (Å²) in [5, 5.41) is 0. The first kappa shape index (κ1) is 21.6. The van der Waals surface area contributed by atoms with Gasteiger partial charge in [-0.15, -0.1) is 0 Å². The molecule has 1 amide bonds. The van der Waals surface area contributed by atoms with Crippen LogP contribution in [0.3, 0.4) is 0 Å². The minimum Gasteiger partial charge on any atom is -0.457 e. The quantitative estimate of drug-likeness (QED) is 0.604. The van der Waals surface area contributed by atoms with E-state index in [-0.39, 0.29) is 28.7 Å². The number of carbonyl (C=O) groups excluding carboxylic acids is 2. The number of pyridine rings is 1. The number of hydrogen-bond donors (Lipinski definition) is 1. The lowest BCUT2D eigenvalue weighted by atomic mass is 9.89. The van der Waals surface area contributed by atoms with Gasteiger partial charge in [-0.1, -0.05) is 18.2 Å². The molecular formula is C26H26N2O4. The van der Waals surface area contributed by atoms with E-state index in [1.165, 1.54) is 0 Å². The summed E-state index contributed by atoms with van der Waals surface area (Å²) in [6.07, 6.45) is 1.44. The van der Waals surface area contributed by atoms with Gasteiger partial charge in [-0.3, -0.25) is 14.4 Å². The van der Waals surface area contributed by atoms with Gasteiger partial charge in [-0.25, -0.2) is 0 Å². The van der Waals surface area contributed by atoms with Gasteiger partial charge in [0, 0.05) is 30.3 Å². The Morgan fingerprint density at radius 3 is 2.41 bits per heavy atom. The number of H-pyrrole nitrogens is 1. The van der Waals surface area contributed by atoms with Crippen LogP contribution in [0, 0.1) is 19.8 Å². The first-order chi connectivity index (χ1) is 15.4. The van der Waals surface area contributed by atoms with E-state index in [9.17, 15) is 14.4 Å². The molecule has 32 heavy (non-hydrogen) atoms. The number of aromatic nitrogens is 1. The number of nitrogens with one attached hydrogen (secondary N) is 1. The molecule has 164 valence electrons. The molecule has 1 fully saturated rings. The highest BCUT2D eigenvalue weighted by Crippen LogP contribution is 2.25. The molecule has 0 aliphatic carbocycles. The fraction of sp³-hybridized carbons (Fsp3) is 0.269. The van der Waals surface area contributed by atoms with Crippen LogP contribution in [0.1, 0.15) is 44.8 Å². The van der Waals surface area contributed by atoms with E-state index in [2.05, 4.69) is 4.98 Å². The molecule has 1 atom stereocenters. The van der Waals surface area contributed by atoms with Crippen molar-refractivity contribution in [3.8, 4) is 11.5 Å². The number of nitrogens with zero attached hydrogens (tertiary/aromatic N) is 1. The number of para-hydroxylation sites is 1. The van der Waals surface area contributed by atoms with Gasteiger partial charge in [-0.05, 0) is 74.7 Å². The van der Waals surface area contributed by atoms with Gasteiger partial charge in [0.1, 0.15) is 17.1 Å². The van der Waals surface area contributed by atoms with E-state index in [1.807, 2.05) is 37.3 Å². The molecule has 4 rings (SSSR count). The summed E-state index contributed by atoms with van der Waals surface area (Å²) < 4.78 is 5.79. The molecule has 1 aliphatic heterocycles. The summed E-state index contributed by atoms with van der Waals surface area (Å²) in [7, 11) is 0. The zero-order chi connectivity index (χ0) is 22.7. The monoisotopic (exact) mass is 430 g/mol. The number of aromatic amines is 1. The van der Waals surface area contributed by atoms with Gasteiger partial charge in [0.05, 0.1) is 0 Å². The molecular weight excluding hydrogens is 404 g/mol. The van der Waals surface area contributed by atoms with Crippen molar-refractivity contribution in [2.75, 3.05) is 13.1 Å². The molecule has 2 aromatic carbocycles. The lowest BCUT2D eigenvalue weighted by molar-refractivity contribution is 0.0635. The maximum Gasteiger partial charge on any atom is 0.261 e. The number of hydrogen-bond acceptors (Lipinski definition) is 4. The standard InChI is InChI=1S/C26H26N2O4/c1-17-15-23(25(30)27-18(17)2)26(31)28-14-6-7-20(16-28)24(29)19-10-12-22(13-11-19)32-21-8-4-3-5-9-21/h3-5,8-13,15,20H,6-7,14,16H2,1-2H3,(H,27,30)/t20-/m0/s1. The van der Waals surface area contributed by atoms with E-state index in [4.69, 9.17) is 4.74 Å². The lowest BCUT2D eigenvalue weighted by Gasteiger charge is -2.32. The number of likely N-dealkylation sites (tertiary alicyclic amines) is 1. The summed E-state index contributed by atoms with van der Waals surface area (Å²) >= 11 is 0. The van der Waals surface area contributed by atoms with Crippen molar-refractivity contribution < 1.29 is 14.3 Å². The summed E-state index contributed by atoms with van der Waals surface area (Å²) in [6.45, 7) is 4.51. The molecule has 6 heteroatoms. The first-order valence-corrected chi connectivity index (χ1v) is 10.8. The molecule has 0 bridgehead atoms. The number of aryl methyl sites for hydroxylation is 2. The Morgan fingerprint density at radius 1 is 1.00 bits per heavy atom. The highest BCUT2D eigenvalue weighted by molar-refractivity contribution is 5.99. The number of carbonyl (C=O) groups is 2. The second kappa shape index (κ2) is 9.22. The van der Waals surface area contributed by atoms with Crippen LogP contribution < -0.4 is 10.3 Å². The SMILES string of the molecule is Cc1cc(C(=O)N2CCC[C@H](C(=O)c3ccc(Oc4ccccc4)cc3)C2)c(=O)[nH]c1C. The smallest absolute Gasteiger partial charge is 0.261 e. The van der Waals surface area contributed by atoms with Crippen LogP contribution in [0.4, 0.5) is 0 Å². The Morgan fingerprint density at radius 2 is 1.69 bits per heavy atom. The molecule has 1 saturated heterocycles. The normalized spacial score (nSPS) is 15.9. The fourth-order valence-corrected chi connectivity index (χ4v) is 3.98. The van der Waals surface area contributed by atoms with Crippen LogP contribution in [0.15, 0.2) is 65.5 Å². The van der Waals surface area contributed by atoms with Crippen LogP contribution in [-0.2, 0) is 0 Å². The van der Waals surface area contributed by atoms with Gasteiger partial charge in [0.25, 0.3) is 11.5 Å². The molecule has 6 nitrogen and oxygen atoms in total. The van der Waals surface area contributed by atoms with Crippen molar-refractivity contribution in [2.24, 2.45) is 5.92 Å². The van der Waals surface area contributed by atoms with Crippen molar-refractivity contribution >= 4 is 11.7 Å². The third-order valence-corrected chi connectivity index (χ3v) is 5.93. The summed E-state index contributed by atoms with van der Waals surface area (Å²) in [5.74, 6) is 0.775. The van der Waals surface area contributed by atoms with Crippen molar-refractivity contribution in [2.45, 2.75) is 26.7 Å². The van der Waals surface area contributed by atoms with E-state index in [0.29, 0.717) is 30.8 Å². The Kier molecular flexibility index (Phi) is 6.21. The maximum atomic E-state index is 13.1. The van der Waals surface area contributed by atoms with Crippen molar-refractivity contribution in [3.05, 3.63) is 93.4 Å². The molecule has 1 aliphatic rings. The molecule has 0 unspecified atom stereocenters. The number of rotatable bonds is 5. The van der Waals surface area contributed by atoms with Crippen LogP contribution >= 0.6 is 0 Å². The lowest BCUT2D eigenvalue weighted by Crippen LogP contribution is -2.44. The van der Waals surface area contributed by atoms with Gasteiger partial charge in [-0.2, -0.15) is 0 Å². The number of ketones is 1. The largest absolute Gasteiger partial charge is 0.457 e. The Labute approximate surface area is 186 Å². The van der Waals surface area contributed by atoms with Crippen LogP contribution in [0.25, 0.3) is 0 Å². The highest BCUT2D eigenvalue weighted by atomic mass is 16.5. The zero-order valence-electron chi connectivity index (χ0n) is 18.3. The molecule has 1 aromatic heterocycles. The summed E-state index contributed by atoms with van der Waals surface area (Å²) in [5.41, 5.74) is 1.94. The zero-order valence-corrected chi connectivity index (χ0v) is 18.3. The minimum atomic E-state index is -0.388. The molecule has 1 N–H and O–H groups in total. The van der Waals surface area contributed by atoms with Crippen LogP contribution in [0.5, 0.6) is 11.5 Å². The molecule has 0 saturated carbocycles. The summed E-state index contributed by atoms with van der Waals surface area (Å²) in [4.78, 5) is 42.7. The fourth-order valence-electron chi connectivity index (χ4n) is 3.98. The van der Waals surface area contributed by atoms with Gasteiger partial charge >= 0.3 is 0 Å². The van der Waals surface area contributed by atoms with E-state index >= 15 is 0 Å². The predicted molar refractivity (Wildman–Crippen MR) is 122 cm³/mol. The van der Waals surface area contributed by atoms with Gasteiger partial charge in [0.2, 0.25) is 0 Å². The average molecular weight is 431 g/mol. The van der Waals surface area contributed by atoms with Crippen molar-refractivity contribution in [1.82, 2.24) is 9.88 Å². The third-order valence-electron chi connectivity index (χ3n) is 5.93. The molecule has 3 aromatic rings. The number of amides is 1. The van der Waals surface area contributed by atoms with E-state index in [0.717, 1.165) is 23.4 Å². The summed E-state index contributed by atoms with van der Waals surface area (Å²) in [6, 6.07) is 18.2. The number of benzene rings is 2. The average Bonchev–Trinajstić information content (AvgIpc) is 2.82. The van der Waals surface area contributed by atoms with Crippen molar-refractivity contribution in [1.29, 1.82) is 0 Å². The van der Waals surface area contributed by atoms with Gasteiger partial charge in [0.15, 0.2) is 5.78 Å². The topological polar surface area (TPSA) is 79.5 Å². The Bertz CT molecular complexity index is 1180. The number of Topliss-reactive ketones (excluding diaryl/α,β-unsaturated/α-hetero) is 1. The first-order valence-electron chi connectivity index (χ1n) is 10.8. The minimum absolute atomic E-state index is 0.00255. The number of ether oxygens (including phenoxy) is 1. The van der Waals surface area contributed by atoms with Crippen molar-refractivity contribution in [3.63, 3.8) is 0 Å².